The Kier molecular flexibility index (Phi) is 1.83. The van der Waals surface area contributed by atoms with Gasteiger partial charge in [-0.3, -0.25) is 0 Å². The van der Waals surface area contributed by atoms with Crippen LogP contribution in [0.4, 0.5) is 0 Å². The van der Waals surface area contributed by atoms with E-state index in [0.717, 1.165) is 11.5 Å². The van der Waals surface area contributed by atoms with Crippen molar-refractivity contribution in [1.29, 1.82) is 0 Å². The first-order valence-electron chi connectivity index (χ1n) is 2.25. The monoisotopic (exact) mass is 218 g/mol. The standard InChI is InChI=1S/C5H8O2.Sn/c1-4(6)3-5(2)7;/h3,6-7H,1H2,2H3;/q;+2/p-2. The summed E-state index contributed by atoms with van der Waals surface area (Å²) in [5, 5.41) is 0. The summed E-state index contributed by atoms with van der Waals surface area (Å²) < 4.78 is 10.1. The maximum absolute atomic E-state index is 5.10. The second kappa shape index (κ2) is 2.44. The fourth-order valence-corrected chi connectivity index (χ4v) is 1.56. The molecule has 0 aliphatic carbocycles. The van der Waals surface area contributed by atoms with Crippen molar-refractivity contribution >= 4 is 22.0 Å². The van der Waals surface area contributed by atoms with Crippen molar-refractivity contribution in [2.45, 2.75) is 6.92 Å². The average Bonchev–Trinajstić information content (AvgIpc) is 1.64. The van der Waals surface area contributed by atoms with Crippen molar-refractivity contribution in [1.82, 2.24) is 0 Å². The Labute approximate surface area is 59.5 Å². The number of hydrogen-bond acceptors (Lipinski definition) is 2. The fourth-order valence-electron chi connectivity index (χ4n) is 0.426. The van der Waals surface area contributed by atoms with Crippen LogP contribution in [0.5, 0.6) is 0 Å². The molecule has 1 rings (SSSR count). The first-order valence-corrected chi connectivity index (χ1v) is 4.58. The van der Waals surface area contributed by atoms with Crippen LogP contribution in [0, 0.1) is 0 Å². The van der Waals surface area contributed by atoms with E-state index in [2.05, 4.69) is 6.58 Å². The molecule has 0 amide bonds. The summed E-state index contributed by atoms with van der Waals surface area (Å²) in [6.45, 7) is 5.54. The molecule has 0 aromatic rings. The average molecular weight is 217 g/mol. The van der Waals surface area contributed by atoms with Gasteiger partial charge in [0.15, 0.2) is 0 Å². The summed E-state index contributed by atoms with van der Waals surface area (Å²) in [6, 6.07) is 0. The molecule has 0 saturated carbocycles. The predicted octanol–water partition coefficient (Wildman–Crippen LogP) is 0.985. The van der Waals surface area contributed by atoms with Gasteiger partial charge in [0.05, 0.1) is 0 Å². The Balaban J connectivity index is 2.64. The molecule has 0 bridgehead atoms. The predicted molar refractivity (Wildman–Crippen MR) is 30.8 cm³/mol. The Morgan fingerprint density at radius 3 is 2.75 bits per heavy atom. The van der Waals surface area contributed by atoms with Crippen LogP contribution >= 0.6 is 0 Å². The molecule has 0 atom stereocenters. The van der Waals surface area contributed by atoms with E-state index in [9.17, 15) is 0 Å². The molecule has 0 spiro atoms. The van der Waals surface area contributed by atoms with Crippen molar-refractivity contribution < 1.29 is 6.15 Å². The van der Waals surface area contributed by atoms with E-state index >= 15 is 0 Å². The summed E-state index contributed by atoms with van der Waals surface area (Å²) in [4.78, 5) is 0. The van der Waals surface area contributed by atoms with E-state index in [1.807, 2.05) is 6.92 Å². The third kappa shape index (κ3) is 1.43. The number of hydrogen-bond donors (Lipinski definition) is 0. The zero-order valence-corrected chi connectivity index (χ0v) is 7.46. The van der Waals surface area contributed by atoms with E-state index in [1.54, 1.807) is 6.08 Å². The van der Waals surface area contributed by atoms with Crippen molar-refractivity contribution in [2.24, 2.45) is 0 Å². The maximum atomic E-state index is 5.10. The Hall–Kier alpha value is -0.121. The molecule has 1 aliphatic heterocycles. The van der Waals surface area contributed by atoms with Crippen LogP contribution in [0.2, 0.25) is 0 Å². The van der Waals surface area contributed by atoms with Gasteiger partial charge in [-0.25, -0.2) is 0 Å². The van der Waals surface area contributed by atoms with Crippen molar-refractivity contribution in [3.63, 3.8) is 0 Å². The molecule has 0 unspecified atom stereocenters. The van der Waals surface area contributed by atoms with Gasteiger partial charge < -0.3 is 0 Å². The normalized spacial score (nSPS) is 18.6. The Morgan fingerprint density at radius 1 is 1.62 bits per heavy atom. The van der Waals surface area contributed by atoms with Crippen LogP contribution in [0.25, 0.3) is 0 Å². The minimum absolute atomic E-state index is 0.750. The molecule has 3 heteroatoms. The van der Waals surface area contributed by atoms with Crippen LogP contribution in [0.15, 0.2) is 24.2 Å². The zero-order chi connectivity index (χ0) is 5.98. The minimum atomic E-state index is -0.992. The SMILES string of the molecule is C=C1C=C(C)[O][Sn][O]1. The summed E-state index contributed by atoms with van der Waals surface area (Å²) in [7, 11) is 0. The van der Waals surface area contributed by atoms with Crippen LogP contribution in [0.3, 0.4) is 0 Å². The topological polar surface area (TPSA) is 18.5 Å². The van der Waals surface area contributed by atoms with Gasteiger partial charge in [0.25, 0.3) is 0 Å². The summed E-state index contributed by atoms with van der Waals surface area (Å²) in [5.41, 5.74) is 0. The Morgan fingerprint density at radius 2 is 2.38 bits per heavy atom. The molecule has 1 heterocycles. The molecule has 0 N–H and O–H groups in total. The van der Waals surface area contributed by atoms with Gasteiger partial charge >= 0.3 is 59.2 Å². The van der Waals surface area contributed by atoms with Gasteiger partial charge in [0.2, 0.25) is 0 Å². The van der Waals surface area contributed by atoms with E-state index in [4.69, 9.17) is 6.15 Å². The summed E-state index contributed by atoms with van der Waals surface area (Å²) in [6.07, 6.45) is 1.80. The van der Waals surface area contributed by atoms with E-state index < -0.39 is 22.0 Å². The molecule has 8 heavy (non-hydrogen) atoms. The second-order valence-corrected chi connectivity index (χ2v) is 3.15. The second-order valence-electron chi connectivity index (χ2n) is 1.51. The van der Waals surface area contributed by atoms with Crippen molar-refractivity contribution in [2.75, 3.05) is 0 Å². The zero-order valence-electron chi connectivity index (χ0n) is 4.60. The molecule has 0 aromatic carbocycles. The molecule has 0 aromatic heterocycles. The van der Waals surface area contributed by atoms with E-state index in [0.29, 0.717) is 0 Å². The van der Waals surface area contributed by atoms with Gasteiger partial charge in [-0.1, -0.05) is 0 Å². The summed E-state index contributed by atoms with van der Waals surface area (Å²) >= 11 is -0.992. The van der Waals surface area contributed by atoms with Gasteiger partial charge in [-0.05, 0) is 0 Å². The summed E-state index contributed by atoms with van der Waals surface area (Å²) in [5.74, 6) is 1.69. The third-order valence-corrected chi connectivity index (χ3v) is 2.88. The number of rotatable bonds is 0. The first kappa shape index (κ1) is 6.01. The molecule has 0 fully saturated rings. The van der Waals surface area contributed by atoms with Gasteiger partial charge in [-0.15, -0.1) is 0 Å². The molecule has 1 aliphatic rings. The molecule has 2 nitrogen and oxygen atoms in total. The molecule has 0 saturated heterocycles. The van der Waals surface area contributed by atoms with Gasteiger partial charge in [0, 0.05) is 0 Å². The van der Waals surface area contributed by atoms with E-state index in [-0.39, 0.29) is 0 Å². The van der Waals surface area contributed by atoms with Gasteiger partial charge in [0.1, 0.15) is 0 Å². The van der Waals surface area contributed by atoms with Crippen LogP contribution < -0.4 is 0 Å². The van der Waals surface area contributed by atoms with Crippen LogP contribution in [0.1, 0.15) is 6.92 Å². The van der Waals surface area contributed by atoms with Crippen LogP contribution in [-0.2, 0) is 6.15 Å². The fraction of sp³-hybridized carbons (Fsp3) is 0.200. The third-order valence-electron chi connectivity index (χ3n) is 0.740. The molecular weight excluding hydrogens is 211 g/mol. The van der Waals surface area contributed by atoms with Crippen molar-refractivity contribution in [3.8, 4) is 0 Å². The number of allylic oxidation sites excluding steroid dienone is 2. The molecule has 2 radical (unpaired) electrons. The Bertz CT molecular complexity index is 139. The van der Waals surface area contributed by atoms with Crippen LogP contribution in [-0.4, -0.2) is 22.0 Å². The first-order chi connectivity index (χ1) is 3.79. The van der Waals surface area contributed by atoms with Crippen molar-refractivity contribution in [3.05, 3.63) is 24.2 Å². The quantitative estimate of drug-likeness (QED) is 0.563. The van der Waals surface area contributed by atoms with Gasteiger partial charge in [-0.2, -0.15) is 0 Å². The molecular formula is C5H6O2Sn. The molecule has 42 valence electrons. The van der Waals surface area contributed by atoms with E-state index in [1.165, 1.54) is 0 Å².